The van der Waals surface area contributed by atoms with Crippen molar-refractivity contribution in [2.75, 3.05) is 19.7 Å². The standard InChI is InChI=1S/C5H13NO3/c1-5(8)4-6(9)2-3-7/h5,7-9H,2-4H2,1H3. The first-order valence-corrected chi connectivity index (χ1v) is 2.89. The predicted molar refractivity (Wildman–Crippen MR) is 32.1 cm³/mol. The fourth-order valence-electron chi connectivity index (χ4n) is 0.512. The van der Waals surface area contributed by atoms with Gasteiger partial charge in [0.05, 0.1) is 12.7 Å². The summed E-state index contributed by atoms with van der Waals surface area (Å²) in [5.41, 5.74) is 0. The summed E-state index contributed by atoms with van der Waals surface area (Å²) in [4.78, 5) is 0. The Kier molecular flexibility index (Phi) is 4.61. The molecule has 0 spiro atoms. The zero-order valence-electron chi connectivity index (χ0n) is 5.49. The molecule has 0 aromatic carbocycles. The molecular formula is C5H13NO3. The van der Waals surface area contributed by atoms with Crippen LogP contribution in [0.5, 0.6) is 0 Å². The van der Waals surface area contributed by atoms with Gasteiger partial charge in [0.25, 0.3) is 0 Å². The van der Waals surface area contributed by atoms with E-state index in [-0.39, 0.29) is 19.7 Å². The predicted octanol–water partition coefficient (Wildman–Crippen LogP) is -0.949. The van der Waals surface area contributed by atoms with Crippen molar-refractivity contribution in [2.24, 2.45) is 0 Å². The van der Waals surface area contributed by atoms with Crippen molar-refractivity contribution < 1.29 is 15.4 Å². The van der Waals surface area contributed by atoms with Crippen LogP contribution in [0.4, 0.5) is 0 Å². The van der Waals surface area contributed by atoms with E-state index < -0.39 is 6.10 Å². The average molecular weight is 135 g/mol. The van der Waals surface area contributed by atoms with Crippen LogP contribution in [-0.4, -0.2) is 46.3 Å². The molecule has 4 nitrogen and oxygen atoms in total. The number of rotatable bonds is 4. The minimum atomic E-state index is -0.554. The van der Waals surface area contributed by atoms with E-state index in [0.29, 0.717) is 0 Å². The Bertz CT molecular complexity index is 67.2. The van der Waals surface area contributed by atoms with Crippen LogP contribution in [0.1, 0.15) is 6.92 Å². The summed E-state index contributed by atoms with van der Waals surface area (Å²) in [5, 5.41) is 26.5. The average Bonchev–Trinajstić information content (AvgIpc) is 1.63. The molecule has 0 radical (unpaired) electrons. The van der Waals surface area contributed by atoms with E-state index in [9.17, 15) is 0 Å². The van der Waals surface area contributed by atoms with Gasteiger partial charge in [-0.2, -0.15) is 5.06 Å². The maximum absolute atomic E-state index is 8.73. The van der Waals surface area contributed by atoms with Crippen LogP contribution < -0.4 is 0 Å². The highest BCUT2D eigenvalue weighted by Gasteiger charge is 2.01. The third-order valence-electron chi connectivity index (χ3n) is 0.833. The van der Waals surface area contributed by atoms with Crippen LogP contribution >= 0.6 is 0 Å². The summed E-state index contributed by atoms with van der Waals surface area (Å²) in [5.74, 6) is 0. The molecule has 0 aromatic rings. The molecule has 1 atom stereocenters. The molecule has 0 fully saturated rings. The fourth-order valence-corrected chi connectivity index (χ4v) is 0.512. The zero-order valence-corrected chi connectivity index (χ0v) is 5.49. The fraction of sp³-hybridized carbons (Fsp3) is 1.00. The lowest BCUT2D eigenvalue weighted by atomic mass is 10.4. The Balaban J connectivity index is 3.15. The molecule has 0 saturated carbocycles. The molecule has 0 aliphatic rings. The summed E-state index contributed by atoms with van der Waals surface area (Å²) >= 11 is 0. The number of hydrogen-bond donors (Lipinski definition) is 3. The first kappa shape index (κ1) is 8.84. The van der Waals surface area contributed by atoms with Gasteiger partial charge in [-0.3, -0.25) is 0 Å². The molecule has 0 aliphatic carbocycles. The molecule has 0 aromatic heterocycles. The van der Waals surface area contributed by atoms with E-state index in [4.69, 9.17) is 15.4 Å². The van der Waals surface area contributed by atoms with Gasteiger partial charge in [0, 0.05) is 13.1 Å². The Morgan fingerprint density at radius 1 is 1.56 bits per heavy atom. The summed E-state index contributed by atoms with van der Waals surface area (Å²) in [6, 6.07) is 0. The van der Waals surface area contributed by atoms with Crippen molar-refractivity contribution in [2.45, 2.75) is 13.0 Å². The van der Waals surface area contributed by atoms with Gasteiger partial charge in [0.15, 0.2) is 0 Å². The lowest BCUT2D eigenvalue weighted by Crippen LogP contribution is -2.30. The first-order chi connectivity index (χ1) is 4.16. The Morgan fingerprint density at radius 3 is 2.44 bits per heavy atom. The quantitative estimate of drug-likeness (QED) is 0.435. The number of aliphatic hydroxyl groups is 2. The van der Waals surface area contributed by atoms with Gasteiger partial charge >= 0.3 is 0 Å². The molecule has 0 heterocycles. The second kappa shape index (κ2) is 4.69. The van der Waals surface area contributed by atoms with Crippen molar-refractivity contribution in [1.82, 2.24) is 5.06 Å². The minimum absolute atomic E-state index is 0.0940. The summed E-state index contributed by atoms with van der Waals surface area (Å²) in [7, 11) is 0. The van der Waals surface area contributed by atoms with Gasteiger partial charge < -0.3 is 15.4 Å². The molecule has 9 heavy (non-hydrogen) atoms. The molecular weight excluding hydrogens is 122 g/mol. The molecule has 0 bridgehead atoms. The molecule has 4 heteroatoms. The lowest BCUT2D eigenvalue weighted by Gasteiger charge is -2.13. The van der Waals surface area contributed by atoms with Crippen molar-refractivity contribution in [1.29, 1.82) is 0 Å². The highest BCUT2D eigenvalue weighted by atomic mass is 16.5. The van der Waals surface area contributed by atoms with E-state index in [2.05, 4.69) is 0 Å². The molecule has 0 saturated heterocycles. The maximum Gasteiger partial charge on any atom is 0.0662 e. The van der Waals surface area contributed by atoms with E-state index in [1.165, 1.54) is 0 Å². The van der Waals surface area contributed by atoms with E-state index in [0.717, 1.165) is 5.06 Å². The van der Waals surface area contributed by atoms with Crippen LogP contribution in [-0.2, 0) is 0 Å². The van der Waals surface area contributed by atoms with E-state index in [1.807, 2.05) is 0 Å². The Morgan fingerprint density at radius 2 is 2.11 bits per heavy atom. The smallest absolute Gasteiger partial charge is 0.0662 e. The van der Waals surface area contributed by atoms with Crippen molar-refractivity contribution in [3.63, 3.8) is 0 Å². The van der Waals surface area contributed by atoms with E-state index in [1.54, 1.807) is 6.92 Å². The highest BCUT2D eigenvalue weighted by Crippen LogP contribution is 1.84. The van der Waals surface area contributed by atoms with Gasteiger partial charge in [-0.1, -0.05) is 0 Å². The van der Waals surface area contributed by atoms with Crippen LogP contribution in [0, 0.1) is 0 Å². The van der Waals surface area contributed by atoms with Gasteiger partial charge in [-0.25, -0.2) is 0 Å². The van der Waals surface area contributed by atoms with Crippen molar-refractivity contribution in [3.8, 4) is 0 Å². The van der Waals surface area contributed by atoms with Crippen molar-refractivity contribution in [3.05, 3.63) is 0 Å². The molecule has 56 valence electrons. The first-order valence-electron chi connectivity index (χ1n) is 2.89. The lowest BCUT2D eigenvalue weighted by molar-refractivity contribution is -0.117. The third-order valence-corrected chi connectivity index (χ3v) is 0.833. The van der Waals surface area contributed by atoms with Crippen LogP contribution in [0.25, 0.3) is 0 Å². The number of aliphatic hydroxyl groups excluding tert-OH is 2. The number of hydroxylamine groups is 2. The second-order valence-electron chi connectivity index (χ2n) is 1.99. The zero-order chi connectivity index (χ0) is 7.28. The Labute approximate surface area is 54.3 Å². The summed E-state index contributed by atoms with van der Waals surface area (Å²) in [6.45, 7) is 1.84. The van der Waals surface area contributed by atoms with Gasteiger partial charge in [0.2, 0.25) is 0 Å². The normalized spacial score (nSPS) is 14.3. The third kappa shape index (κ3) is 5.72. The molecule has 0 rings (SSSR count). The summed E-state index contributed by atoms with van der Waals surface area (Å²) < 4.78 is 0. The number of hydrogen-bond acceptors (Lipinski definition) is 4. The largest absolute Gasteiger partial charge is 0.395 e. The van der Waals surface area contributed by atoms with Gasteiger partial charge in [0.1, 0.15) is 0 Å². The monoisotopic (exact) mass is 135 g/mol. The van der Waals surface area contributed by atoms with Crippen LogP contribution in [0.15, 0.2) is 0 Å². The van der Waals surface area contributed by atoms with Crippen molar-refractivity contribution >= 4 is 0 Å². The Hall–Kier alpha value is -0.160. The number of nitrogens with zero attached hydrogens (tertiary/aromatic N) is 1. The van der Waals surface area contributed by atoms with Gasteiger partial charge in [-0.15, -0.1) is 0 Å². The van der Waals surface area contributed by atoms with E-state index >= 15 is 0 Å². The highest BCUT2D eigenvalue weighted by molar-refractivity contribution is 4.49. The molecule has 1 unspecified atom stereocenters. The topological polar surface area (TPSA) is 63.9 Å². The minimum Gasteiger partial charge on any atom is -0.395 e. The SMILES string of the molecule is CC(O)CN(O)CCO. The second-order valence-corrected chi connectivity index (χ2v) is 1.99. The summed E-state index contributed by atoms with van der Waals surface area (Å²) in [6.07, 6.45) is -0.554. The van der Waals surface area contributed by atoms with Crippen LogP contribution in [0.3, 0.4) is 0 Å². The van der Waals surface area contributed by atoms with Gasteiger partial charge in [-0.05, 0) is 6.92 Å². The maximum atomic E-state index is 8.73. The molecule has 0 amide bonds. The molecule has 3 N–H and O–H groups in total. The van der Waals surface area contributed by atoms with Crippen LogP contribution in [0.2, 0.25) is 0 Å². The molecule has 0 aliphatic heterocycles.